The van der Waals surface area contributed by atoms with E-state index in [0.29, 0.717) is 0 Å². The number of carbonyl (C=O) groups excluding carboxylic acids is 1. The molecule has 0 aromatic heterocycles. The Balaban J connectivity index is 2.47. The molecule has 0 N–H and O–H groups in total. The quantitative estimate of drug-likeness (QED) is 0.688. The molecule has 1 aliphatic carbocycles. The third-order valence-electron chi connectivity index (χ3n) is 2.63. The summed E-state index contributed by atoms with van der Waals surface area (Å²) in [4.78, 5) is 10.8. The summed E-state index contributed by atoms with van der Waals surface area (Å²) in [5, 5.41) is 0. The Morgan fingerprint density at radius 2 is 2.31 bits per heavy atom. The smallest absolute Gasteiger partial charge is 0.127 e. The highest BCUT2D eigenvalue weighted by molar-refractivity contribution is 9.10. The largest absolute Gasteiger partial charge is 0.303 e. The molecule has 0 radical (unpaired) electrons. The number of fused-ring (bicyclic) bond motifs is 1. The van der Waals surface area contributed by atoms with Crippen LogP contribution in [0.25, 0.3) is 0 Å². The number of halogens is 1. The van der Waals surface area contributed by atoms with E-state index < -0.39 is 0 Å². The molecule has 0 aliphatic heterocycles. The fourth-order valence-electron chi connectivity index (χ4n) is 1.95. The van der Waals surface area contributed by atoms with Crippen molar-refractivity contribution in [3.05, 3.63) is 33.8 Å². The van der Waals surface area contributed by atoms with E-state index in [0.717, 1.165) is 30.0 Å². The second-order valence-corrected chi connectivity index (χ2v) is 4.39. The average Bonchev–Trinajstić information content (AvgIpc) is 2.17. The van der Waals surface area contributed by atoms with Gasteiger partial charge < -0.3 is 4.79 Å². The van der Waals surface area contributed by atoms with Crippen LogP contribution in [0.5, 0.6) is 0 Å². The van der Waals surface area contributed by atoms with Crippen molar-refractivity contribution in [2.45, 2.75) is 25.2 Å². The normalized spacial score (nSPS) is 20.8. The van der Waals surface area contributed by atoms with E-state index in [1.54, 1.807) is 0 Å². The highest BCUT2D eigenvalue weighted by Crippen LogP contribution is 2.31. The first-order valence-electron chi connectivity index (χ1n) is 4.55. The summed E-state index contributed by atoms with van der Waals surface area (Å²) in [5.74, 6) is 0.126. The van der Waals surface area contributed by atoms with E-state index in [9.17, 15) is 4.79 Å². The summed E-state index contributed by atoms with van der Waals surface area (Å²) in [6.07, 6.45) is 4.34. The van der Waals surface area contributed by atoms with Crippen LogP contribution in [0.15, 0.2) is 22.7 Å². The van der Waals surface area contributed by atoms with E-state index in [1.807, 2.05) is 6.07 Å². The van der Waals surface area contributed by atoms with Crippen molar-refractivity contribution in [3.8, 4) is 0 Å². The monoisotopic (exact) mass is 238 g/mol. The lowest BCUT2D eigenvalue weighted by atomic mass is 9.84. The van der Waals surface area contributed by atoms with E-state index in [4.69, 9.17) is 0 Å². The number of rotatable bonds is 1. The van der Waals surface area contributed by atoms with Gasteiger partial charge in [0.25, 0.3) is 0 Å². The Morgan fingerprint density at radius 3 is 3.08 bits per heavy atom. The van der Waals surface area contributed by atoms with Crippen LogP contribution in [0.2, 0.25) is 0 Å². The Morgan fingerprint density at radius 1 is 1.46 bits per heavy atom. The molecule has 2 rings (SSSR count). The average molecular weight is 239 g/mol. The molecule has 1 aromatic rings. The molecule has 0 saturated carbocycles. The topological polar surface area (TPSA) is 17.1 Å². The molecular formula is C11H11BrO. The molecule has 2 heteroatoms. The van der Waals surface area contributed by atoms with Crippen molar-refractivity contribution in [1.29, 1.82) is 0 Å². The van der Waals surface area contributed by atoms with Gasteiger partial charge in [0.2, 0.25) is 0 Å². The maximum Gasteiger partial charge on any atom is 0.127 e. The van der Waals surface area contributed by atoms with Crippen molar-refractivity contribution in [1.82, 2.24) is 0 Å². The fraction of sp³-hybridized carbons (Fsp3) is 0.364. The van der Waals surface area contributed by atoms with Gasteiger partial charge in [0.15, 0.2) is 0 Å². The van der Waals surface area contributed by atoms with Gasteiger partial charge in [-0.2, -0.15) is 0 Å². The minimum absolute atomic E-state index is 0.126. The van der Waals surface area contributed by atoms with Gasteiger partial charge in [-0.15, -0.1) is 0 Å². The molecule has 0 bridgehead atoms. The lowest BCUT2D eigenvalue weighted by Crippen LogP contribution is -2.10. The van der Waals surface area contributed by atoms with Crippen molar-refractivity contribution >= 4 is 22.2 Å². The summed E-state index contributed by atoms with van der Waals surface area (Å²) >= 11 is 3.43. The Bertz CT molecular complexity index is 333. The number of hydrogen-bond acceptors (Lipinski definition) is 1. The fourth-order valence-corrected chi connectivity index (χ4v) is 2.33. The molecular weight excluding hydrogens is 228 g/mol. The zero-order valence-electron chi connectivity index (χ0n) is 7.29. The second kappa shape index (κ2) is 3.62. The van der Waals surface area contributed by atoms with Crippen molar-refractivity contribution in [2.24, 2.45) is 0 Å². The number of hydrogen-bond donors (Lipinski definition) is 0. The summed E-state index contributed by atoms with van der Waals surface area (Å²) in [6, 6.07) is 6.24. The van der Waals surface area contributed by atoms with Gasteiger partial charge in [0.1, 0.15) is 6.29 Å². The van der Waals surface area contributed by atoms with Gasteiger partial charge in [-0.25, -0.2) is 0 Å². The Labute approximate surface area is 86.3 Å². The van der Waals surface area contributed by atoms with Gasteiger partial charge in [0, 0.05) is 10.4 Å². The van der Waals surface area contributed by atoms with Crippen LogP contribution >= 0.6 is 15.9 Å². The van der Waals surface area contributed by atoms with Crippen LogP contribution in [0.3, 0.4) is 0 Å². The molecule has 68 valence electrons. The molecule has 0 saturated heterocycles. The first-order chi connectivity index (χ1) is 6.31. The predicted molar refractivity (Wildman–Crippen MR) is 55.9 cm³/mol. The highest BCUT2D eigenvalue weighted by Gasteiger charge is 2.19. The van der Waals surface area contributed by atoms with E-state index >= 15 is 0 Å². The standard InChI is InChI=1S/C11H11BrO/c12-10-5-4-8-2-1-3-9(7-13)11(8)6-10/h4-7,9H,1-3H2. The summed E-state index contributed by atoms with van der Waals surface area (Å²) in [5.41, 5.74) is 2.56. The lowest BCUT2D eigenvalue weighted by molar-refractivity contribution is -0.109. The summed E-state index contributed by atoms with van der Waals surface area (Å²) < 4.78 is 1.07. The van der Waals surface area contributed by atoms with E-state index in [2.05, 4.69) is 28.1 Å². The van der Waals surface area contributed by atoms with Crippen LogP contribution in [0.1, 0.15) is 29.9 Å². The molecule has 13 heavy (non-hydrogen) atoms. The highest BCUT2D eigenvalue weighted by atomic mass is 79.9. The van der Waals surface area contributed by atoms with Crippen LogP contribution < -0.4 is 0 Å². The predicted octanol–water partition coefficient (Wildman–Crippen LogP) is 3.07. The summed E-state index contributed by atoms with van der Waals surface area (Å²) in [6.45, 7) is 0. The molecule has 1 atom stereocenters. The summed E-state index contributed by atoms with van der Waals surface area (Å²) in [7, 11) is 0. The van der Waals surface area contributed by atoms with Crippen LogP contribution in [0.4, 0.5) is 0 Å². The minimum atomic E-state index is 0.126. The maximum absolute atomic E-state index is 10.8. The van der Waals surface area contributed by atoms with Crippen LogP contribution in [-0.2, 0) is 11.2 Å². The second-order valence-electron chi connectivity index (χ2n) is 3.48. The van der Waals surface area contributed by atoms with E-state index in [-0.39, 0.29) is 5.92 Å². The molecule has 1 unspecified atom stereocenters. The van der Waals surface area contributed by atoms with Crippen molar-refractivity contribution in [3.63, 3.8) is 0 Å². The van der Waals surface area contributed by atoms with E-state index in [1.165, 1.54) is 11.1 Å². The zero-order chi connectivity index (χ0) is 9.26. The molecule has 1 aromatic carbocycles. The Hall–Kier alpha value is -0.630. The maximum atomic E-state index is 10.8. The van der Waals surface area contributed by atoms with Crippen LogP contribution in [0, 0.1) is 0 Å². The molecule has 1 aliphatic rings. The molecule has 0 fully saturated rings. The first kappa shape index (κ1) is 8.95. The number of aldehydes is 1. The van der Waals surface area contributed by atoms with Crippen molar-refractivity contribution < 1.29 is 4.79 Å². The van der Waals surface area contributed by atoms with Gasteiger partial charge in [-0.05, 0) is 42.5 Å². The lowest BCUT2D eigenvalue weighted by Gasteiger charge is -2.21. The zero-order valence-corrected chi connectivity index (χ0v) is 8.88. The molecule has 0 spiro atoms. The molecule has 1 nitrogen and oxygen atoms in total. The third kappa shape index (κ3) is 1.68. The molecule has 0 amide bonds. The minimum Gasteiger partial charge on any atom is -0.303 e. The third-order valence-corrected chi connectivity index (χ3v) is 3.13. The van der Waals surface area contributed by atoms with Crippen molar-refractivity contribution in [2.75, 3.05) is 0 Å². The van der Waals surface area contributed by atoms with Gasteiger partial charge >= 0.3 is 0 Å². The van der Waals surface area contributed by atoms with Gasteiger partial charge in [-0.3, -0.25) is 0 Å². The Kier molecular flexibility index (Phi) is 2.49. The number of carbonyl (C=O) groups is 1. The van der Waals surface area contributed by atoms with Crippen LogP contribution in [-0.4, -0.2) is 6.29 Å². The molecule has 0 heterocycles. The number of benzene rings is 1. The SMILES string of the molecule is O=CC1CCCc2ccc(Br)cc21. The number of aryl methyl sites for hydroxylation is 1. The van der Waals surface area contributed by atoms with Gasteiger partial charge in [-0.1, -0.05) is 22.0 Å². The van der Waals surface area contributed by atoms with Gasteiger partial charge in [0.05, 0.1) is 0 Å². The first-order valence-corrected chi connectivity index (χ1v) is 5.34.